The van der Waals surface area contributed by atoms with Crippen LogP contribution in [-0.2, 0) is 10.5 Å². The summed E-state index contributed by atoms with van der Waals surface area (Å²) in [5, 5.41) is 8.40. The number of fused-ring (bicyclic) bond motifs is 1. The molecule has 0 saturated heterocycles. The Bertz CT molecular complexity index is 594. The molecule has 0 aromatic carbocycles. The normalized spacial score (nSPS) is 12.8. The average Bonchev–Trinajstić information content (AvgIpc) is 2.68. The number of thioether (sulfide) groups is 1. The molecule has 96 valence electrons. The number of hydrogen-bond acceptors (Lipinski definition) is 4. The number of nitrogens with zero attached hydrogens (tertiary/aromatic N) is 3. The third-order valence-corrected chi connectivity index (χ3v) is 3.80. The molecule has 2 heterocycles. The average molecular weight is 265 g/mol. The standard InChI is InChI=1S/C12H15N3O2S/c1-7-4-8(2)15-5-10(14-12(15)13-7)6-18-9(3)11(16)17/h4-5,9H,6H2,1-3H3,(H,16,17). The quantitative estimate of drug-likeness (QED) is 0.916. The Kier molecular flexibility index (Phi) is 3.56. The molecule has 0 bridgehead atoms. The predicted molar refractivity (Wildman–Crippen MR) is 70.9 cm³/mol. The van der Waals surface area contributed by atoms with Gasteiger partial charge in [0.2, 0.25) is 5.78 Å². The van der Waals surface area contributed by atoms with E-state index in [9.17, 15) is 4.79 Å². The summed E-state index contributed by atoms with van der Waals surface area (Å²) in [4.78, 5) is 19.5. The molecular formula is C12H15N3O2S. The molecule has 2 aromatic heterocycles. The van der Waals surface area contributed by atoms with Crippen molar-refractivity contribution in [2.45, 2.75) is 31.8 Å². The number of aliphatic carboxylic acids is 1. The summed E-state index contributed by atoms with van der Waals surface area (Å²) in [6, 6.07) is 1.99. The van der Waals surface area contributed by atoms with Crippen molar-refractivity contribution in [2.24, 2.45) is 0 Å². The molecule has 1 unspecified atom stereocenters. The summed E-state index contributed by atoms with van der Waals surface area (Å²) >= 11 is 1.36. The van der Waals surface area contributed by atoms with Gasteiger partial charge in [-0.3, -0.25) is 9.20 Å². The van der Waals surface area contributed by atoms with Gasteiger partial charge < -0.3 is 5.11 Å². The van der Waals surface area contributed by atoms with Crippen LogP contribution in [0.15, 0.2) is 12.3 Å². The third kappa shape index (κ3) is 2.64. The highest BCUT2D eigenvalue weighted by atomic mass is 32.2. The van der Waals surface area contributed by atoms with Crippen LogP contribution in [0.5, 0.6) is 0 Å². The maximum atomic E-state index is 10.7. The number of aryl methyl sites for hydroxylation is 2. The van der Waals surface area contributed by atoms with E-state index in [1.807, 2.05) is 30.5 Å². The highest BCUT2D eigenvalue weighted by molar-refractivity contribution is 7.99. The Hall–Kier alpha value is -1.56. The minimum absolute atomic E-state index is 0.425. The van der Waals surface area contributed by atoms with Crippen LogP contribution in [0.4, 0.5) is 0 Å². The second-order valence-corrected chi connectivity index (χ2v) is 5.56. The van der Waals surface area contributed by atoms with Crippen LogP contribution >= 0.6 is 11.8 Å². The molecule has 0 aliphatic carbocycles. The van der Waals surface area contributed by atoms with Gasteiger partial charge in [0.25, 0.3) is 0 Å². The number of carboxylic acid groups (broad SMARTS) is 1. The van der Waals surface area contributed by atoms with Gasteiger partial charge in [0.05, 0.1) is 10.9 Å². The van der Waals surface area contributed by atoms with Gasteiger partial charge in [0, 0.05) is 23.3 Å². The molecule has 1 atom stereocenters. The highest BCUT2D eigenvalue weighted by Gasteiger charge is 2.13. The SMILES string of the molecule is Cc1cc(C)n2cc(CSC(C)C(=O)O)nc2n1. The van der Waals surface area contributed by atoms with E-state index in [2.05, 4.69) is 9.97 Å². The molecule has 0 radical (unpaired) electrons. The van der Waals surface area contributed by atoms with Gasteiger partial charge in [-0.05, 0) is 26.8 Å². The predicted octanol–water partition coefficient (Wildman–Crippen LogP) is 2.05. The Balaban J connectivity index is 2.20. The van der Waals surface area contributed by atoms with Gasteiger partial charge in [-0.15, -0.1) is 11.8 Å². The van der Waals surface area contributed by atoms with Gasteiger partial charge in [0.15, 0.2) is 0 Å². The molecule has 2 aromatic rings. The minimum atomic E-state index is -0.797. The monoisotopic (exact) mass is 265 g/mol. The Morgan fingerprint density at radius 2 is 2.22 bits per heavy atom. The molecule has 0 amide bonds. The molecule has 1 N–H and O–H groups in total. The van der Waals surface area contributed by atoms with E-state index >= 15 is 0 Å². The zero-order valence-corrected chi connectivity index (χ0v) is 11.4. The van der Waals surface area contributed by atoms with Crippen molar-refractivity contribution < 1.29 is 9.90 Å². The number of aromatic nitrogens is 3. The maximum absolute atomic E-state index is 10.7. The highest BCUT2D eigenvalue weighted by Crippen LogP contribution is 2.18. The van der Waals surface area contributed by atoms with Crippen LogP contribution < -0.4 is 0 Å². The molecule has 6 heteroatoms. The smallest absolute Gasteiger partial charge is 0.316 e. The van der Waals surface area contributed by atoms with Crippen LogP contribution in [0, 0.1) is 13.8 Å². The molecule has 0 spiro atoms. The van der Waals surface area contributed by atoms with Gasteiger partial charge in [-0.25, -0.2) is 9.97 Å². The van der Waals surface area contributed by atoms with E-state index in [0.29, 0.717) is 11.5 Å². The van der Waals surface area contributed by atoms with Crippen molar-refractivity contribution in [1.29, 1.82) is 0 Å². The first kappa shape index (κ1) is 12.9. The second kappa shape index (κ2) is 4.97. The summed E-state index contributed by atoms with van der Waals surface area (Å²) in [7, 11) is 0. The van der Waals surface area contributed by atoms with Crippen LogP contribution in [0.1, 0.15) is 24.0 Å². The second-order valence-electron chi connectivity index (χ2n) is 4.23. The zero-order valence-electron chi connectivity index (χ0n) is 10.5. The van der Waals surface area contributed by atoms with Gasteiger partial charge in [0.1, 0.15) is 0 Å². The summed E-state index contributed by atoms with van der Waals surface area (Å²) in [5.74, 6) is 0.454. The summed E-state index contributed by atoms with van der Waals surface area (Å²) < 4.78 is 1.92. The zero-order chi connectivity index (χ0) is 13.3. The molecule has 0 aliphatic rings. The van der Waals surface area contributed by atoms with Crippen LogP contribution in [0.25, 0.3) is 5.78 Å². The van der Waals surface area contributed by atoms with Crippen LogP contribution in [0.2, 0.25) is 0 Å². The Morgan fingerprint density at radius 3 is 2.89 bits per heavy atom. The van der Waals surface area contributed by atoms with Gasteiger partial charge in [-0.1, -0.05) is 0 Å². The fourth-order valence-electron chi connectivity index (χ4n) is 1.67. The van der Waals surface area contributed by atoms with Crippen LogP contribution in [0.3, 0.4) is 0 Å². The summed E-state index contributed by atoms with van der Waals surface area (Å²) in [6.45, 7) is 5.61. The first-order valence-corrected chi connectivity index (χ1v) is 6.69. The lowest BCUT2D eigenvalue weighted by atomic mass is 10.3. The molecule has 0 fully saturated rings. The van der Waals surface area contributed by atoms with Crippen molar-refractivity contribution in [3.63, 3.8) is 0 Å². The largest absolute Gasteiger partial charge is 0.480 e. The summed E-state index contributed by atoms with van der Waals surface area (Å²) in [5.41, 5.74) is 2.87. The lowest BCUT2D eigenvalue weighted by Crippen LogP contribution is -2.11. The number of hydrogen-bond donors (Lipinski definition) is 1. The Morgan fingerprint density at radius 1 is 1.50 bits per heavy atom. The topological polar surface area (TPSA) is 67.5 Å². The molecule has 18 heavy (non-hydrogen) atoms. The van der Waals surface area contributed by atoms with Crippen molar-refractivity contribution in [3.05, 3.63) is 29.3 Å². The molecular weight excluding hydrogens is 250 g/mol. The van der Waals surface area contributed by atoms with E-state index in [1.54, 1.807) is 6.92 Å². The number of rotatable bonds is 4. The van der Waals surface area contributed by atoms with E-state index in [4.69, 9.17) is 5.11 Å². The fourth-order valence-corrected chi connectivity index (χ4v) is 2.37. The van der Waals surface area contributed by atoms with Crippen molar-refractivity contribution in [1.82, 2.24) is 14.4 Å². The number of imidazole rings is 1. The lowest BCUT2D eigenvalue weighted by Gasteiger charge is -2.02. The molecule has 5 nitrogen and oxygen atoms in total. The maximum Gasteiger partial charge on any atom is 0.316 e. The van der Waals surface area contributed by atoms with Crippen LogP contribution in [-0.4, -0.2) is 30.7 Å². The van der Waals surface area contributed by atoms with E-state index in [1.165, 1.54) is 11.8 Å². The van der Waals surface area contributed by atoms with E-state index < -0.39 is 11.2 Å². The summed E-state index contributed by atoms with van der Waals surface area (Å²) in [6.07, 6.45) is 1.92. The van der Waals surface area contributed by atoms with Crippen molar-refractivity contribution in [2.75, 3.05) is 0 Å². The van der Waals surface area contributed by atoms with Gasteiger partial charge >= 0.3 is 5.97 Å². The number of carbonyl (C=O) groups is 1. The van der Waals surface area contributed by atoms with Crippen molar-refractivity contribution >= 4 is 23.5 Å². The third-order valence-electron chi connectivity index (χ3n) is 2.64. The van der Waals surface area contributed by atoms with E-state index in [-0.39, 0.29) is 0 Å². The molecule has 0 aliphatic heterocycles. The molecule has 0 saturated carbocycles. The first-order chi connectivity index (χ1) is 8.47. The van der Waals surface area contributed by atoms with Crippen molar-refractivity contribution in [3.8, 4) is 0 Å². The minimum Gasteiger partial charge on any atom is -0.480 e. The molecule has 2 rings (SSSR count). The van der Waals surface area contributed by atoms with E-state index in [0.717, 1.165) is 17.1 Å². The van der Waals surface area contributed by atoms with Gasteiger partial charge in [-0.2, -0.15) is 0 Å². The lowest BCUT2D eigenvalue weighted by molar-refractivity contribution is -0.136. The fraction of sp³-hybridized carbons (Fsp3) is 0.417. The Labute approximate surface area is 109 Å². The number of carboxylic acids is 1. The first-order valence-electron chi connectivity index (χ1n) is 5.64.